The first kappa shape index (κ1) is 16.1. The third kappa shape index (κ3) is 3.76. The first-order valence-corrected chi connectivity index (χ1v) is 9.84. The maximum absolute atomic E-state index is 9.44. The minimum atomic E-state index is -0.279. The van der Waals surface area contributed by atoms with Crippen LogP contribution < -0.4 is 14.8 Å². The molecule has 7 heteroatoms. The van der Waals surface area contributed by atoms with Gasteiger partial charge in [-0.05, 0) is 0 Å². The molecule has 0 spiro atoms. The molecule has 1 atom stereocenters. The fourth-order valence-corrected chi connectivity index (χ4v) is 4.08. The SMILES string of the molecule is N#Cc1c(OCC[AsH]c2ccccc2)nc(N)nc1-c1ccco1. The second kappa shape index (κ2) is 7.67. The van der Waals surface area contributed by atoms with Crippen LogP contribution in [0, 0.1) is 11.3 Å². The number of nitrogen functional groups attached to an aromatic ring is 1. The van der Waals surface area contributed by atoms with Crippen molar-refractivity contribution in [3.05, 3.63) is 54.3 Å². The van der Waals surface area contributed by atoms with Crippen molar-refractivity contribution in [2.75, 3.05) is 12.3 Å². The van der Waals surface area contributed by atoms with Crippen LogP contribution in [0.25, 0.3) is 11.5 Å². The number of aromatic nitrogens is 2. The van der Waals surface area contributed by atoms with Crippen LogP contribution in [0.15, 0.2) is 53.1 Å². The van der Waals surface area contributed by atoms with Gasteiger partial charge in [-0.15, -0.1) is 0 Å². The van der Waals surface area contributed by atoms with E-state index in [4.69, 9.17) is 14.9 Å². The van der Waals surface area contributed by atoms with E-state index in [1.54, 1.807) is 12.1 Å². The van der Waals surface area contributed by atoms with E-state index >= 15 is 0 Å². The van der Waals surface area contributed by atoms with Crippen molar-refractivity contribution in [3.63, 3.8) is 0 Å². The summed E-state index contributed by atoms with van der Waals surface area (Å²) < 4.78 is 12.4. The van der Waals surface area contributed by atoms with Crippen LogP contribution >= 0.6 is 0 Å². The molecule has 0 radical (unpaired) electrons. The van der Waals surface area contributed by atoms with Crippen molar-refractivity contribution in [1.82, 2.24) is 9.97 Å². The van der Waals surface area contributed by atoms with Crippen LogP contribution in [0.2, 0.25) is 5.21 Å². The van der Waals surface area contributed by atoms with E-state index in [0.29, 0.717) is 18.1 Å². The Morgan fingerprint density at radius 2 is 2.00 bits per heavy atom. The molecule has 0 aliphatic heterocycles. The molecule has 0 amide bonds. The second-order valence-corrected chi connectivity index (χ2v) is 7.84. The molecule has 0 fully saturated rings. The maximum atomic E-state index is 9.44. The monoisotopic (exact) mass is 382 g/mol. The number of furan rings is 1. The molecule has 1 unspecified atom stereocenters. The zero-order valence-electron chi connectivity index (χ0n) is 12.8. The summed E-state index contributed by atoms with van der Waals surface area (Å²) in [6.45, 7) is 0.484. The van der Waals surface area contributed by atoms with Gasteiger partial charge < -0.3 is 0 Å². The summed E-state index contributed by atoms with van der Waals surface area (Å²) >= 11 is -0.279. The number of nitrogens with zero attached hydrogens (tertiary/aromatic N) is 3. The van der Waals surface area contributed by atoms with Crippen molar-refractivity contribution in [3.8, 4) is 23.4 Å². The number of nitrogens with two attached hydrogens (primary N) is 1. The average molecular weight is 382 g/mol. The number of rotatable bonds is 6. The van der Waals surface area contributed by atoms with E-state index in [2.05, 4.69) is 28.2 Å². The van der Waals surface area contributed by atoms with Gasteiger partial charge in [0.2, 0.25) is 0 Å². The predicted octanol–water partition coefficient (Wildman–Crippen LogP) is 1.75. The molecular weight excluding hydrogens is 367 g/mol. The molecule has 0 aliphatic rings. The van der Waals surface area contributed by atoms with Gasteiger partial charge in [-0.1, -0.05) is 0 Å². The molecule has 2 aromatic heterocycles. The summed E-state index contributed by atoms with van der Waals surface area (Å²) in [5, 5.41) is 10.4. The molecule has 3 aromatic rings. The Balaban J connectivity index is 1.72. The van der Waals surface area contributed by atoms with Gasteiger partial charge in [0.1, 0.15) is 0 Å². The fourth-order valence-electron chi connectivity index (χ4n) is 2.15. The van der Waals surface area contributed by atoms with E-state index in [1.807, 2.05) is 18.2 Å². The molecule has 120 valence electrons. The van der Waals surface area contributed by atoms with Gasteiger partial charge in [0.05, 0.1) is 0 Å². The number of hydrogen-bond acceptors (Lipinski definition) is 6. The van der Waals surface area contributed by atoms with Gasteiger partial charge in [0, 0.05) is 0 Å². The van der Waals surface area contributed by atoms with Gasteiger partial charge in [-0.2, -0.15) is 0 Å². The second-order valence-electron chi connectivity index (χ2n) is 4.84. The average Bonchev–Trinajstić information content (AvgIpc) is 3.13. The zero-order valence-corrected chi connectivity index (χ0v) is 14.9. The molecule has 3 rings (SSSR count). The third-order valence-electron chi connectivity index (χ3n) is 3.20. The van der Waals surface area contributed by atoms with E-state index < -0.39 is 0 Å². The summed E-state index contributed by atoms with van der Waals surface area (Å²) in [4.78, 5) is 8.15. The van der Waals surface area contributed by atoms with Crippen molar-refractivity contribution in [2.24, 2.45) is 0 Å². The molecule has 2 heterocycles. The summed E-state index contributed by atoms with van der Waals surface area (Å²) in [6.07, 6.45) is 1.51. The molecule has 0 saturated carbocycles. The first-order chi connectivity index (χ1) is 11.8. The molecule has 24 heavy (non-hydrogen) atoms. The first-order valence-electron chi connectivity index (χ1n) is 7.31. The third-order valence-corrected chi connectivity index (χ3v) is 5.71. The van der Waals surface area contributed by atoms with Crippen molar-refractivity contribution in [2.45, 2.75) is 5.21 Å². The Morgan fingerprint density at radius 3 is 2.71 bits per heavy atom. The van der Waals surface area contributed by atoms with Gasteiger partial charge >= 0.3 is 146 Å². The molecule has 1 aromatic carbocycles. The van der Waals surface area contributed by atoms with Crippen LogP contribution in [0.3, 0.4) is 0 Å². The number of nitriles is 1. The minimum absolute atomic E-state index is 0.0504. The molecule has 0 bridgehead atoms. The van der Waals surface area contributed by atoms with Gasteiger partial charge in [0.15, 0.2) is 0 Å². The fraction of sp³-hybridized carbons (Fsp3) is 0.118. The molecule has 0 aliphatic carbocycles. The number of benzene rings is 1. The molecular formula is C17H15AsN4O2. The number of anilines is 1. The topological polar surface area (TPSA) is 98.0 Å². The summed E-state index contributed by atoms with van der Waals surface area (Å²) in [7, 11) is 0. The number of ether oxygens (including phenoxy) is 1. The Kier molecular flexibility index (Phi) is 5.14. The standard InChI is InChI=1S/C17H15AsN4O2/c19-11-13-15(14-7-4-9-23-14)21-17(20)22-16(13)24-10-8-18-12-5-2-1-3-6-12/h1-7,9,18H,8,10H2,(H2,20,21,22). The van der Waals surface area contributed by atoms with E-state index in [0.717, 1.165) is 5.21 Å². The predicted molar refractivity (Wildman–Crippen MR) is 92.4 cm³/mol. The van der Waals surface area contributed by atoms with E-state index in [1.165, 1.54) is 10.6 Å². The summed E-state index contributed by atoms with van der Waals surface area (Å²) in [6, 6.07) is 15.8. The quantitative estimate of drug-likeness (QED) is 0.515. The Hall–Kier alpha value is -2.77. The van der Waals surface area contributed by atoms with E-state index in [-0.39, 0.29) is 33.1 Å². The van der Waals surface area contributed by atoms with Gasteiger partial charge in [-0.25, -0.2) is 0 Å². The molecule has 0 saturated heterocycles. The van der Waals surface area contributed by atoms with Gasteiger partial charge in [0.25, 0.3) is 0 Å². The summed E-state index contributed by atoms with van der Waals surface area (Å²) in [5.74, 6) is 0.716. The van der Waals surface area contributed by atoms with Crippen molar-refractivity contribution < 1.29 is 9.15 Å². The Labute approximate surface area is 146 Å². The van der Waals surface area contributed by atoms with Crippen LogP contribution in [0.4, 0.5) is 5.95 Å². The van der Waals surface area contributed by atoms with Crippen LogP contribution in [0.1, 0.15) is 5.56 Å². The van der Waals surface area contributed by atoms with E-state index in [9.17, 15) is 5.26 Å². The van der Waals surface area contributed by atoms with Crippen LogP contribution in [0.5, 0.6) is 5.88 Å². The Morgan fingerprint density at radius 1 is 1.17 bits per heavy atom. The van der Waals surface area contributed by atoms with Crippen LogP contribution in [-0.4, -0.2) is 32.3 Å². The normalized spacial score (nSPS) is 10.8. The molecule has 2 N–H and O–H groups in total. The zero-order chi connectivity index (χ0) is 16.8. The Bertz CT molecular complexity index is 845. The van der Waals surface area contributed by atoms with Gasteiger partial charge in [-0.3, -0.25) is 0 Å². The molecule has 6 nitrogen and oxygen atoms in total. The van der Waals surface area contributed by atoms with Crippen molar-refractivity contribution in [1.29, 1.82) is 5.26 Å². The van der Waals surface area contributed by atoms with Crippen LogP contribution in [-0.2, 0) is 0 Å². The summed E-state index contributed by atoms with van der Waals surface area (Å²) in [5.41, 5.74) is 6.32. The number of hydrogen-bond donors (Lipinski definition) is 1. The van der Waals surface area contributed by atoms with Crippen molar-refractivity contribution >= 4 is 26.1 Å².